The summed E-state index contributed by atoms with van der Waals surface area (Å²) in [5, 5.41) is 6.06. The Morgan fingerprint density at radius 2 is 1.38 bits per heavy atom. The molecule has 0 aliphatic carbocycles. The molecule has 2 amide bonds. The van der Waals surface area contributed by atoms with E-state index in [0.29, 0.717) is 28.4 Å². The zero-order valence-corrected chi connectivity index (χ0v) is 15.3. The van der Waals surface area contributed by atoms with E-state index in [4.69, 9.17) is 4.74 Å². The Kier molecular flexibility index (Phi) is 5.16. The third-order valence-corrected chi connectivity index (χ3v) is 4.18. The lowest BCUT2D eigenvalue weighted by molar-refractivity contribution is -0.132. The number of fused-ring (bicyclic) bond motifs is 1. The fraction of sp³-hybridized carbons (Fsp3) is 0. The first-order valence-electron chi connectivity index (χ1n) is 8.98. The lowest BCUT2D eigenvalue weighted by atomic mass is 10.2. The number of hydrogen-bond donors (Lipinski definition) is 2. The van der Waals surface area contributed by atoms with Gasteiger partial charge in [-0.1, -0.05) is 36.4 Å². The monoisotopic (exact) mass is 383 g/mol. The van der Waals surface area contributed by atoms with Crippen molar-refractivity contribution < 1.29 is 14.3 Å². The second-order valence-electron chi connectivity index (χ2n) is 6.23. The van der Waals surface area contributed by atoms with Crippen LogP contribution in [-0.4, -0.2) is 16.8 Å². The van der Waals surface area contributed by atoms with Crippen LogP contribution in [-0.2, 0) is 9.59 Å². The highest BCUT2D eigenvalue weighted by Gasteiger charge is 2.15. The molecule has 0 saturated heterocycles. The summed E-state index contributed by atoms with van der Waals surface area (Å²) in [5.41, 5.74) is 1.59. The van der Waals surface area contributed by atoms with E-state index in [1.165, 1.54) is 0 Å². The van der Waals surface area contributed by atoms with E-state index < -0.39 is 11.8 Å². The average molecular weight is 383 g/mol. The van der Waals surface area contributed by atoms with Crippen molar-refractivity contribution in [1.82, 2.24) is 4.98 Å². The molecule has 1 heterocycles. The van der Waals surface area contributed by atoms with Crippen LogP contribution in [0.2, 0.25) is 0 Å². The molecule has 4 rings (SSSR count). The summed E-state index contributed by atoms with van der Waals surface area (Å²) in [6, 6.07) is 25.2. The molecule has 0 aliphatic heterocycles. The van der Waals surface area contributed by atoms with Gasteiger partial charge in [0.05, 0.1) is 11.2 Å². The van der Waals surface area contributed by atoms with Gasteiger partial charge >= 0.3 is 11.8 Å². The predicted molar refractivity (Wildman–Crippen MR) is 112 cm³/mol. The summed E-state index contributed by atoms with van der Waals surface area (Å²) in [6.07, 6.45) is 1.64. The molecule has 0 aliphatic rings. The van der Waals surface area contributed by atoms with Crippen molar-refractivity contribution in [2.24, 2.45) is 0 Å². The van der Waals surface area contributed by atoms with Crippen molar-refractivity contribution in [3.05, 3.63) is 91.1 Å². The van der Waals surface area contributed by atoms with Crippen LogP contribution in [0.25, 0.3) is 10.9 Å². The van der Waals surface area contributed by atoms with Gasteiger partial charge in [-0.2, -0.15) is 0 Å². The van der Waals surface area contributed by atoms with E-state index in [1.807, 2.05) is 48.5 Å². The SMILES string of the molecule is O=C(Nc1ccc(Oc2ccccc2)cc1)C(=O)Nc1cccc2cccnc12. The minimum Gasteiger partial charge on any atom is -0.457 e. The number of aromatic nitrogens is 1. The fourth-order valence-electron chi connectivity index (χ4n) is 2.80. The summed E-state index contributed by atoms with van der Waals surface area (Å²) in [4.78, 5) is 28.8. The van der Waals surface area contributed by atoms with Gasteiger partial charge in [0.25, 0.3) is 0 Å². The molecule has 6 heteroatoms. The number of carbonyl (C=O) groups is 2. The van der Waals surface area contributed by atoms with Gasteiger partial charge in [-0.25, -0.2) is 0 Å². The largest absolute Gasteiger partial charge is 0.457 e. The van der Waals surface area contributed by atoms with Crippen molar-refractivity contribution >= 4 is 34.1 Å². The number of rotatable bonds is 4. The number of ether oxygens (including phenoxy) is 1. The number of nitrogens with zero attached hydrogens (tertiary/aromatic N) is 1. The highest BCUT2D eigenvalue weighted by Crippen LogP contribution is 2.23. The normalized spacial score (nSPS) is 10.3. The van der Waals surface area contributed by atoms with Gasteiger partial charge in [0.1, 0.15) is 11.5 Å². The van der Waals surface area contributed by atoms with Crippen LogP contribution in [0.4, 0.5) is 11.4 Å². The van der Waals surface area contributed by atoms with Crippen molar-refractivity contribution in [3.63, 3.8) is 0 Å². The second-order valence-corrected chi connectivity index (χ2v) is 6.23. The Morgan fingerprint density at radius 3 is 2.17 bits per heavy atom. The van der Waals surface area contributed by atoms with Crippen LogP contribution in [0.15, 0.2) is 91.1 Å². The zero-order valence-electron chi connectivity index (χ0n) is 15.3. The number of pyridine rings is 1. The standard InChI is InChI=1S/C23H17N3O3/c27-22(23(28)26-20-10-4-6-16-7-5-15-24-21(16)20)25-17-11-13-19(14-12-17)29-18-8-2-1-3-9-18/h1-15H,(H,25,27)(H,26,28). The van der Waals surface area contributed by atoms with Crippen molar-refractivity contribution in [3.8, 4) is 11.5 Å². The molecule has 0 saturated carbocycles. The van der Waals surface area contributed by atoms with Gasteiger partial charge < -0.3 is 15.4 Å². The highest BCUT2D eigenvalue weighted by atomic mass is 16.5. The molecule has 0 radical (unpaired) electrons. The van der Waals surface area contributed by atoms with Crippen LogP contribution >= 0.6 is 0 Å². The second kappa shape index (κ2) is 8.22. The highest BCUT2D eigenvalue weighted by molar-refractivity contribution is 6.44. The zero-order chi connectivity index (χ0) is 20.1. The third-order valence-electron chi connectivity index (χ3n) is 4.18. The number of nitrogens with one attached hydrogen (secondary N) is 2. The minimum absolute atomic E-state index is 0.481. The molecule has 0 unspecified atom stereocenters. The number of benzene rings is 3. The number of hydrogen-bond acceptors (Lipinski definition) is 4. The van der Waals surface area contributed by atoms with Gasteiger partial charge in [0.15, 0.2) is 0 Å². The first-order valence-corrected chi connectivity index (χ1v) is 8.98. The van der Waals surface area contributed by atoms with Crippen LogP contribution in [0, 0.1) is 0 Å². The molecule has 1 aromatic heterocycles. The third kappa shape index (κ3) is 4.39. The summed E-state index contributed by atoms with van der Waals surface area (Å²) in [6.45, 7) is 0. The van der Waals surface area contributed by atoms with E-state index in [-0.39, 0.29) is 0 Å². The predicted octanol–water partition coefficient (Wildman–Crippen LogP) is 4.60. The number of amides is 2. The van der Waals surface area contributed by atoms with Gasteiger partial charge in [-0.3, -0.25) is 14.6 Å². The van der Waals surface area contributed by atoms with Gasteiger partial charge in [-0.05, 0) is 48.5 Å². The lowest BCUT2D eigenvalue weighted by Gasteiger charge is -2.09. The molecule has 0 bridgehead atoms. The maximum atomic E-state index is 12.3. The number of anilines is 2. The maximum Gasteiger partial charge on any atom is 0.314 e. The van der Waals surface area contributed by atoms with E-state index in [1.54, 1.807) is 42.6 Å². The summed E-state index contributed by atoms with van der Waals surface area (Å²) in [5.74, 6) is -0.199. The Morgan fingerprint density at radius 1 is 0.690 bits per heavy atom. The van der Waals surface area contributed by atoms with Crippen LogP contribution in [0.1, 0.15) is 0 Å². The van der Waals surface area contributed by atoms with Crippen molar-refractivity contribution in [2.45, 2.75) is 0 Å². The molecule has 29 heavy (non-hydrogen) atoms. The van der Waals surface area contributed by atoms with Crippen molar-refractivity contribution in [2.75, 3.05) is 10.6 Å². The lowest BCUT2D eigenvalue weighted by Crippen LogP contribution is -2.29. The number of carbonyl (C=O) groups excluding carboxylic acids is 2. The first-order chi connectivity index (χ1) is 14.2. The Bertz CT molecular complexity index is 1150. The summed E-state index contributed by atoms with van der Waals surface area (Å²) >= 11 is 0. The molecular weight excluding hydrogens is 366 g/mol. The smallest absolute Gasteiger partial charge is 0.314 e. The molecule has 3 aromatic carbocycles. The maximum absolute atomic E-state index is 12.3. The van der Waals surface area contributed by atoms with E-state index in [9.17, 15) is 9.59 Å². The average Bonchev–Trinajstić information content (AvgIpc) is 2.76. The molecular formula is C23H17N3O3. The molecule has 4 aromatic rings. The Labute approximate surface area is 167 Å². The van der Waals surface area contributed by atoms with E-state index in [0.717, 1.165) is 5.39 Å². The van der Waals surface area contributed by atoms with Gasteiger partial charge in [0.2, 0.25) is 0 Å². The first kappa shape index (κ1) is 18.2. The topological polar surface area (TPSA) is 80.3 Å². The van der Waals surface area contributed by atoms with E-state index >= 15 is 0 Å². The van der Waals surface area contributed by atoms with Crippen LogP contribution in [0.3, 0.4) is 0 Å². The van der Waals surface area contributed by atoms with Gasteiger partial charge in [0, 0.05) is 17.3 Å². The summed E-state index contributed by atoms with van der Waals surface area (Å²) < 4.78 is 5.71. The molecule has 2 N–H and O–H groups in total. The Hall–Kier alpha value is -4.19. The fourth-order valence-corrected chi connectivity index (χ4v) is 2.80. The number of para-hydroxylation sites is 2. The van der Waals surface area contributed by atoms with Crippen molar-refractivity contribution in [1.29, 1.82) is 0 Å². The minimum atomic E-state index is -0.771. The Balaban J connectivity index is 1.40. The van der Waals surface area contributed by atoms with Crippen LogP contribution < -0.4 is 15.4 Å². The van der Waals surface area contributed by atoms with E-state index in [2.05, 4.69) is 15.6 Å². The molecule has 0 fully saturated rings. The molecule has 0 atom stereocenters. The molecule has 142 valence electrons. The quantitative estimate of drug-likeness (QED) is 0.505. The summed E-state index contributed by atoms with van der Waals surface area (Å²) in [7, 11) is 0. The van der Waals surface area contributed by atoms with Gasteiger partial charge in [-0.15, -0.1) is 0 Å². The molecule has 6 nitrogen and oxygen atoms in total. The molecule has 0 spiro atoms. The van der Waals surface area contributed by atoms with Crippen LogP contribution in [0.5, 0.6) is 11.5 Å².